The number of halogens is 2. The van der Waals surface area contributed by atoms with Gasteiger partial charge in [-0.2, -0.15) is 0 Å². The molecule has 190 valence electrons. The smallest absolute Gasteiger partial charge is 0.263 e. The molecule has 1 aromatic carbocycles. The Hall–Kier alpha value is -2.92. The van der Waals surface area contributed by atoms with Crippen molar-refractivity contribution in [3.05, 3.63) is 58.5 Å². The molecule has 7 nitrogen and oxygen atoms in total. The third-order valence-corrected chi connectivity index (χ3v) is 7.40. The summed E-state index contributed by atoms with van der Waals surface area (Å²) < 4.78 is 38.2. The van der Waals surface area contributed by atoms with Gasteiger partial charge in [0.2, 0.25) is 0 Å². The maximum absolute atomic E-state index is 13.0. The van der Waals surface area contributed by atoms with Crippen molar-refractivity contribution in [2.45, 2.75) is 13.0 Å². The van der Waals surface area contributed by atoms with Gasteiger partial charge >= 0.3 is 0 Å². The minimum absolute atomic E-state index is 0.0617. The van der Waals surface area contributed by atoms with Gasteiger partial charge in [0.1, 0.15) is 0 Å². The van der Waals surface area contributed by atoms with E-state index in [2.05, 4.69) is 20.9 Å². The number of allylic oxidation sites excluding steroid dienone is 1. The fourth-order valence-electron chi connectivity index (χ4n) is 4.35. The van der Waals surface area contributed by atoms with Gasteiger partial charge < -0.3 is 20.1 Å². The lowest BCUT2D eigenvalue weighted by atomic mass is 10.1. The van der Waals surface area contributed by atoms with Crippen molar-refractivity contribution in [1.29, 1.82) is 0 Å². The Balaban J connectivity index is 1.42. The highest BCUT2D eigenvalue weighted by Gasteiger charge is 2.19. The number of hydrogen-bond donors (Lipinski definition) is 1. The van der Waals surface area contributed by atoms with Gasteiger partial charge in [-0.15, -0.1) is 11.3 Å². The first-order valence-corrected chi connectivity index (χ1v) is 12.8. The molecule has 0 amide bonds. The summed E-state index contributed by atoms with van der Waals surface area (Å²) in [5.74, 6) is 0.574. The minimum Gasteiger partial charge on any atom is -0.398 e. The first-order valence-electron chi connectivity index (χ1n) is 12.0. The normalized spacial score (nSPS) is 18.1. The highest BCUT2D eigenvalue weighted by molar-refractivity contribution is 7.19. The molecule has 36 heavy (non-hydrogen) atoms. The number of aromatic nitrogens is 1. The number of benzene rings is 1. The van der Waals surface area contributed by atoms with E-state index < -0.39 is 6.43 Å². The number of thiophene rings is 1. The van der Waals surface area contributed by atoms with Crippen molar-refractivity contribution in [1.82, 2.24) is 9.88 Å². The molecule has 0 atom stereocenters. The monoisotopic (exact) mass is 513 g/mol. The number of alkyl halides is 2. The van der Waals surface area contributed by atoms with Gasteiger partial charge in [0, 0.05) is 61.1 Å². The van der Waals surface area contributed by atoms with Crippen LogP contribution in [0.3, 0.4) is 0 Å². The number of nitrogens with zero attached hydrogens (tertiary/aromatic N) is 4. The van der Waals surface area contributed by atoms with Crippen LogP contribution in [0.25, 0.3) is 15.9 Å². The van der Waals surface area contributed by atoms with Crippen LogP contribution in [-0.4, -0.2) is 68.7 Å². The van der Waals surface area contributed by atoms with E-state index in [0.717, 1.165) is 61.8 Å². The van der Waals surface area contributed by atoms with Crippen LogP contribution in [0.5, 0.6) is 0 Å². The number of rotatable bonds is 7. The summed E-state index contributed by atoms with van der Waals surface area (Å²) in [7, 11) is 0. The number of aliphatic imine (C=N–C) groups is 1. The van der Waals surface area contributed by atoms with Crippen LogP contribution in [0, 0.1) is 0 Å². The molecular formula is C26H29F2N5O2S. The molecule has 3 aromatic rings. The zero-order valence-electron chi connectivity index (χ0n) is 19.9. The molecule has 0 unspecified atom stereocenters. The predicted molar refractivity (Wildman–Crippen MR) is 140 cm³/mol. The molecule has 0 bridgehead atoms. The topological polar surface area (TPSA) is 76.2 Å². The summed E-state index contributed by atoms with van der Waals surface area (Å²) in [6, 6.07) is 10.2. The van der Waals surface area contributed by atoms with Gasteiger partial charge in [0.05, 0.1) is 42.3 Å². The Bertz CT molecular complexity index is 1250. The molecule has 0 aliphatic carbocycles. The first kappa shape index (κ1) is 24.8. The second-order valence-corrected chi connectivity index (χ2v) is 9.88. The molecule has 0 radical (unpaired) electrons. The fraction of sp³-hybridized carbons (Fsp3) is 0.385. The SMILES string of the molecule is N/C(=C\C=Nc1cc(N2CCOCC2)c2sc(CN3CCOCC3)cc2n1)c1cccc(C(F)F)c1. The lowest BCUT2D eigenvalue weighted by molar-refractivity contribution is 0.0346. The molecule has 2 aliphatic rings. The quantitative estimate of drug-likeness (QED) is 0.465. The molecule has 10 heteroatoms. The number of fused-ring (bicyclic) bond motifs is 1. The van der Waals surface area contributed by atoms with Crippen molar-refractivity contribution in [3.63, 3.8) is 0 Å². The van der Waals surface area contributed by atoms with Gasteiger partial charge in [0.25, 0.3) is 6.43 Å². The van der Waals surface area contributed by atoms with Crippen LogP contribution in [0.4, 0.5) is 20.3 Å². The van der Waals surface area contributed by atoms with Crippen molar-refractivity contribution in [3.8, 4) is 0 Å². The standard InChI is InChI=1S/C26H29F2N5O2S/c27-26(28)19-3-1-2-18(14-19)21(29)4-5-30-24-16-23(33-8-12-35-13-9-33)25-22(31-24)15-20(36-25)17-32-6-10-34-11-7-32/h1-5,14-16,26H,6-13,17,29H2/b21-4-,30-5?. The van der Waals surface area contributed by atoms with Crippen LogP contribution in [0.15, 0.2) is 47.5 Å². The molecular weight excluding hydrogens is 484 g/mol. The second kappa shape index (κ2) is 11.4. The zero-order valence-corrected chi connectivity index (χ0v) is 20.7. The van der Waals surface area contributed by atoms with Crippen molar-refractivity contribution >= 4 is 45.0 Å². The summed E-state index contributed by atoms with van der Waals surface area (Å²) in [6.45, 7) is 7.27. The highest BCUT2D eigenvalue weighted by Crippen LogP contribution is 2.37. The van der Waals surface area contributed by atoms with Crippen LogP contribution < -0.4 is 10.6 Å². The van der Waals surface area contributed by atoms with Crippen LogP contribution in [-0.2, 0) is 16.0 Å². The molecule has 2 aliphatic heterocycles. The van der Waals surface area contributed by atoms with Crippen LogP contribution in [0.2, 0.25) is 0 Å². The Morgan fingerprint density at radius 2 is 1.83 bits per heavy atom. The lowest BCUT2D eigenvalue weighted by Gasteiger charge is -2.29. The minimum atomic E-state index is -2.54. The van der Waals surface area contributed by atoms with Gasteiger partial charge in [-0.05, 0) is 23.8 Å². The Morgan fingerprint density at radius 3 is 2.58 bits per heavy atom. The highest BCUT2D eigenvalue weighted by atomic mass is 32.1. The average molecular weight is 514 g/mol. The number of hydrogen-bond acceptors (Lipinski definition) is 8. The van der Waals surface area contributed by atoms with Crippen LogP contribution >= 0.6 is 11.3 Å². The van der Waals surface area contributed by atoms with E-state index in [-0.39, 0.29) is 5.56 Å². The van der Waals surface area contributed by atoms with Crippen molar-refractivity contribution in [2.75, 3.05) is 57.5 Å². The van der Waals surface area contributed by atoms with E-state index in [9.17, 15) is 8.78 Å². The van der Waals surface area contributed by atoms with Gasteiger partial charge in [-0.1, -0.05) is 18.2 Å². The number of pyridine rings is 1. The van der Waals surface area contributed by atoms with Gasteiger partial charge in [-0.3, -0.25) is 4.90 Å². The first-order chi connectivity index (χ1) is 17.6. The van der Waals surface area contributed by atoms with Crippen LogP contribution in [0.1, 0.15) is 22.4 Å². The fourth-order valence-corrected chi connectivity index (χ4v) is 5.53. The summed E-state index contributed by atoms with van der Waals surface area (Å²) in [5, 5.41) is 0. The lowest BCUT2D eigenvalue weighted by Crippen LogP contribution is -2.36. The van der Waals surface area contributed by atoms with E-state index in [1.807, 2.05) is 6.07 Å². The molecule has 2 saturated heterocycles. The summed E-state index contributed by atoms with van der Waals surface area (Å²) in [5.41, 5.74) is 8.98. The Kier molecular flexibility index (Phi) is 7.86. The molecule has 4 heterocycles. The van der Waals surface area contributed by atoms with E-state index in [1.165, 1.54) is 17.0 Å². The summed E-state index contributed by atoms with van der Waals surface area (Å²) in [4.78, 5) is 15.3. The third kappa shape index (κ3) is 5.89. The molecule has 0 saturated carbocycles. The maximum Gasteiger partial charge on any atom is 0.263 e. The average Bonchev–Trinajstić information content (AvgIpc) is 3.31. The van der Waals surface area contributed by atoms with E-state index >= 15 is 0 Å². The maximum atomic E-state index is 13.0. The van der Waals surface area contributed by atoms with Gasteiger partial charge in [0.15, 0.2) is 5.82 Å². The molecule has 2 fully saturated rings. The zero-order chi connectivity index (χ0) is 24.9. The van der Waals surface area contributed by atoms with E-state index in [1.54, 1.807) is 35.8 Å². The predicted octanol–water partition coefficient (Wildman–Crippen LogP) is 4.60. The molecule has 5 rings (SSSR count). The number of nitrogens with two attached hydrogens (primary N) is 1. The summed E-state index contributed by atoms with van der Waals surface area (Å²) in [6.07, 6.45) is 0.644. The third-order valence-electron chi connectivity index (χ3n) is 6.26. The Morgan fingerprint density at radius 1 is 1.08 bits per heavy atom. The number of ether oxygens (including phenoxy) is 2. The molecule has 2 aromatic heterocycles. The number of morpholine rings is 2. The largest absolute Gasteiger partial charge is 0.398 e. The summed E-state index contributed by atoms with van der Waals surface area (Å²) >= 11 is 1.78. The second-order valence-electron chi connectivity index (χ2n) is 8.74. The van der Waals surface area contributed by atoms with Crippen molar-refractivity contribution in [2.24, 2.45) is 10.7 Å². The van der Waals surface area contributed by atoms with Gasteiger partial charge in [-0.25, -0.2) is 18.8 Å². The molecule has 0 spiro atoms. The molecule has 2 N–H and O–H groups in total. The van der Waals surface area contributed by atoms with Crippen molar-refractivity contribution < 1.29 is 18.3 Å². The van der Waals surface area contributed by atoms with E-state index in [4.69, 9.17) is 20.2 Å². The van der Waals surface area contributed by atoms with E-state index in [0.29, 0.717) is 30.3 Å². The number of anilines is 1. The Labute approximate surface area is 212 Å².